The van der Waals surface area contributed by atoms with Crippen LogP contribution in [0.5, 0.6) is 0 Å². The Hall–Kier alpha value is -3.06. The van der Waals surface area contributed by atoms with Crippen LogP contribution in [0.25, 0.3) is 10.9 Å². The zero-order valence-corrected chi connectivity index (χ0v) is 15.1. The van der Waals surface area contributed by atoms with Crippen LogP contribution in [0.1, 0.15) is 47.1 Å². The predicted octanol–water partition coefficient (Wildman–Crippen LogP) is 4.39. The number of para-hydroxylation sites is 1. The lowest BCUT2D eigenvalue weighted by molar-refractivity contribution is -0.149. The normalized spacial score (nSPS) is 25.3. The van der Waals surface area contributed by atoms with Gasteiger partial charge in [-0.15, -0.1) is 0 Å². The van der Waals surface area contributed by atoms with E-state index in [9.17, 15) is 10.1 Å². The van der Waals surface area contributed by atoms with Crippen LogP contribution in [0.2, 0.25) is 0 Å². The molecule has 1 heterocycles. The maximum Gasteiger partial charge on any atom is 0.311 e. The Morgan fingerprint density at radius 3 is 2.81 bits per heavy atom. The van der Waals surface area contributed by atoms with E-state index in [-0.39, 0.29) is 17.8 Å². The summed E-state index contributed by atoms with van der Waals surface area (Å²) in [6, 6.07) is 18.8. The number of nitrogens with zero attached hydrogens (tertiary/aromatic N) is 1. The van der Waals surface area contributed by atoms with E-state index < -0.39 is 11.8 Å². The summed E-state index contributed by atoms with van der Waals surface area (Å²) in [5.41, 5.74) is 5.58. The smallest absolute Gasteiger partial charge is 0.311 e. The quantitative estimate of drug-likeness (QED) is 0.693. The monoisotopic (exact) mass is 356 g/mol. The number of esters is 1. The zero-order valence-electron chi connectivity index (χ0n) is 15.1. The summed E-state index contributed by atoms with van der Waals surface area (Å²) in [7, 11) is 0. The summed E-state index contributed by atoms with van der Waals surface area (Å²) in [6.45, 7) is 2.15. The Labute approximate surface area is 157 Å². The van der Waals surface area contributed by atoms with Gasteiger partial charge in [0.2, 0.25) is 0 Å². The molecule has 4 nitrogen and oxygen atoms in total. The van der Waals surface area contributed by atoms with Gasteiger partial charge in [-0.3, -0.25) is 4.79 Å². The Morgan fingerprint density at radius 1 is 1.22 bits per heavy atom. The number of fused-ring (bicyclic) bond motifs is 7. The molecule has 0 saturated carbocycles. The van der Waals surface area contributed by atoms with Gasteiger partial charge < -0.3 is 9.72 Å². The molecule has 4 heteroatoms. The van der Waals surface area contributed by atoms with Crippen LogP contribution in [0.3, 0.4) is 0 Å². The molecule has 2 aliphatic rings. The average molecular weight is 356 g/mol. The molecule has 0 spiro atoms. The molecule has 0 amide bonds. The van der Waals surface area contributed by atoms with Crippen molar-refractivity contribution < 1.29 is 9.53 Å². The number of carbonyl (C=O) groups excluding carboxylic acids is 1. The van der Waals surface area contributed by atoms with Gasteiger partial charge in [0.15, 0.2) is 0 Å². The summed E-state index contributed by atoms with van der Waals surface area (Å²) in [4.78, 5) is 16.6. The second kappa shape index (κ2) is 5.99. The molecule has 0 unspecified atom stereocenters. The van der Waals surface area contributed by atoms with Crippen LogP contribution in [-0.4, -0.2) is 17.6 Å². The minimum Gasteiger partial charge on any atom is -0.466 e. The molecule has 27 heavy (non-hydrogen) atoms. The number of aromatic nitrogens is 1. The van der Waals surface area contributed by atoms with Crippen molar-refractivity contribution in [3.8, 4) is 6.07 Å². The average Bonchev–Trinajstić information content (AvgIpc) is 3.26. The molecule has 1 N–H and O–H groups in total. The Morgan fingerprint density at radius 2 is 2.00 bits per heavy atom. The Balaban J connectivity index is 1.78. The molecule has 0 saturated heterocycles. The second-order valence-corrected chi connectivity index (χ2v) is 7.42. The first-order valence-corrected chi connectivity index (χ1v) is 9.49. The molecule has 0 fully saturated rings. The van der Waals surface area contributed by atoms with Gasteiger partial charge in [0.1, 0.15) is 0 Å². The number of carbonyl (C=O) groups is 1. The molecule has 3 aromatic rings. The van der Waals surface area contributed by atoms with Crippen LogP contribution >= 0.6 is 0 Å². The fourth-order valence-electron chi connectivity index (χ4n) is 5.22. The number of hydrogen-bond acceptors (Lipinski definition) is 3. The number of ether oxygens (including phenoxy) is 1. The first-order valence-electron chi connectivity index (χ1n) is 9.49. The Kier molecular flexibility index (Phi) is 3.58. The van der Waals surface area contributed by atoms with Crippen molar-refractivity contribution in [1.82, 2.24) is 4.98 Å². The van der Waals surface area contributed by atoms with Crippen molar-refractivity contribution in [1.29, 1.82) is 5.26 Å². The summed E-state index contributed by atoms with van der Waals surface area (Å²) >= 11 is 0. The fraction of sp³-hybridized carbons (Fsp3) is 0.304. The number of rotatable bonds is 2. The van der Waals surface area contributed by atoms with Gasteiger partial charge in [0.25, 0.3) is 0 Å². The van der Waals surface area contributed by atoms with E-state index in [1.807, 2.05) is 43.3 Å². The van der Waals surface area contributed by atoms with E-state index in [1.54, 1.807) is 0 Å². The van der Waals surface area contributed by atoms with Crippen molar-refractivity contribution in [3.63, 3.8) is 0 Å². The van der Waals surface area contributed by atoms with E-state index in [2.05, 4.69) is 23.2 Å². The molecule has 1 aromatic heterocycles. The number of benzene rings is 2. The molecular formula is C23H20N2O2. The molecule has 0 radical (unpaired) electrons. The van der Waals surface area contributed by atoms with Gasteiger partial charge in [-0.05, 0) is 36.1 Å². The maximum atomic E-state index is 13.0. The van der Waals surface area contributed by atoms with Gasteiger partial charge in [-0.1, -0.05) is 42.5 Å². The highest BCUT2D eigenvalue weighted by atomic mass is 16.5. The predicted molar refractivity (Wildman–Crippen MR) is 102 cm³/mol. The zero-order chi connectivity index (χ0) is 18.5. The number of nitrogens with one attached hydrogen (secondary N) is 1. The third kappa shape index (κ3) is 2.18. The standard InChI is InChI=1S/C23H20N2O2/c1-2-27-23(26)21-17(12-24)20-15-9-5-6-10-18(15)25-22(20)16-11-13-7-3-4-8-14(13)19(16)21/h3-10,16-17,19,21,25H,2,11H2,1H3/t16-,17-,19+,21-/m0/s1. The SMILES string of the molecule is CCOC(=O)[C@@H]1[C@@H]2c3ccccc3C[C@@H]2c2[nH]c3ccccc3c2[C@@H]1C#N. The van der Waals surface area contributed by atoms with E-state index in [0.717, 1.165) is 28.6 Å². The van der Waals surface area contributed by atoms with E-state index in [0.29, 0.717) is 6.61 Å². The number of aromatic amines is 1. The lowest BCUT2D eigenvalue weighted by atomic mass is 9.66. The fourth-order valence-corrected chi connectivity index (χ4v) is 5.22. The minimum atomic E-state index is -0.511. The topological polar surface area (TPSA) is 65.9 Å². The minimum absolute atomic E-state index is 0.0227. The Bertz CT molecular complexity index is 1090. The van der Waals surface area contributed by atoms with Crippen molar-refractivity contribution in [2.24, 2.45) is 5.92 Å². The van der Waals surface area contributed by atoms with E-state index in [4.69, 9.17) is 4.74 Å². The van der Waals surface area contributed by atoms with Gasteiger partial charge in [-0.2, -0.15) is 5.26 Å². The largest absolute Gasteiger partial charge is 0.466 e. The lowest BCUT2D eigenvalue weighted by Gasteiger charge is -2.36. The van der Waals surface area contributed by atoms with E-state index >= 15 is 0 Å². The van der Waals surface area contributed by atoms with Gasteiger partial charge >= 0.3 is 5.97 Å². The summed E-state index contributed by atoms with van der Waals surface area (Å²) in [5, 5.41) is 11.1. The highest BCUT2D eigenvalue weighted by Crippen LogP contribution is 2.58. The number of hydrogen-bond donors (Lipinski definition) is 1. The molecule has 4 atom stereocenters. The van der Waals surface area contributed by atoms with Gasteiger partial charge in [0, 0.05) is 28.4 Å². The van der Waals surface area contributed by atoms with E-state index in [1.165, 1.54) is 11.1 Å². The van der Waals surface area contributed by atoms with Crippen LogP contribution in [0.15, 0.2) is 48.5 Å². The van der Waals surface area contributed by atoms with Crippen LogP contribution in [0.4, 0.5) is 0 Å². The van der Waals surface area contributed by atoms with Crippen LogP contribution in [0, 0.1) is 17.2 Å². The molecule has 2 aliphatic carbocycles. The van der Waals surface area contributed by atoms with Crippen molar-refractivity contribution in [3.05, 3.63) is 70.9 Å². The van der Waals surface area contributed by atoms with Crippen LogP contribution < -0.4 is 0 Å². The molecule has 134 valence electrons. The lowest BCUT2D eigenvalue weighted by Crippen LogP contribution is -2.35. The van der Waals surface area contributed by atoms with Gasteiger partial charge in [-0.25, -0.2) is 0 Å². The van der Waals surface area contributed by atoms with Crippen molar-refractivity contribution >= 4 is 16.9 Å². The van der Waals surface area contributed by atoms with Crippen molar-refractivity contribution in [2.75, 3.05) is 6.61 Å². The molecule has 5 rings (SSSR count). The second-order valence-electron chi connectivity index (χ2n) is 7.42. The highest BCUT2D eigenvalue weighted by Gasteiger charge is 2.52. The molecule has 2 aromatic carbocycles. The highest BCUT2D eigenvalue weighted by molar-refractivity contribution is 5.89. The first kappa shape index (κ1) is 16.1. The summed E-state index contributed by atoms with van der Waals surface area (Å²) in [5.74, 6) is -1.10. The summed E-state index contributed by atoms with van der Waals surface area (Å²) in [6.07, 6.45) is 0.884. The first-order chi connectivity index (χ1) is 13.2. The number of nitriles is 1. The molecular weight excluding hydrogens is 336 g/mol. The summed E-state index contributed by atoms with van der Waals surface area (Å²) < 4.78 is 5.44. The van der Waals surface area contributed by atoms with Crippen LogP contribution in [-0.2, 0) is 16.0 Å². The molecule has 0 aliphatic heterocycles. The third-order valence-electron chi connectivity index (χ3n) is 6.19. The molecule has 0 bridgehead atoms. The maximum absolute atomic E-state index is 13.0. The third-order valence-corrected chi connectivity index (χ3v) is 6.19. The number of H-pyrrole nitrogens is 1. The van der Waals surface area contributed by atoms with Crippen molar-refractivity contribution in [2.45, 2.75) is 31.1 Å². The van der Waals surface area contributed by atoms with Gasteiger partial charge in [0.05, 0.1) is 24.5 Å².